The largest absolute Gasteiger partial charge is 0.366 e. The van der Waals surface area contributed by atoms with Crippen LogP contribution in [0.5, 0.6) is 0 Å². The fourth-order valence-corrected chi connectivity index (χ4v) is 1.71. The molecule has 2 aromatic rings. The summed E-state index contributed by atoms with van der Waals surface area (Å²) in [6.07, 6.45) is 0. The molecule has 0 bridgehead atoms. The van der Waals surface area contributed by atoms with E-state index >= 15 is 0 Å². The Balaban J connectivity index is 0.000000606. The summed E-state index contributed by atoms with van der Waals surface area (Å²) in [6, 6.07) is 11.7. The average Bonchev–Trinajstić information content (AvgIpc) is 2.31. The first-order chi connectivity index (χ1) is 7.70. The lowest BCUT2D eigenvalue weighted by atomic mass is 9.99. The van der Waals surface area contributed by atoms with Gasteiger partial charge < -0.3 is 5.73 Å². The van der Waals surface area contributed by atoms with Crippen LogP contribution >= 0.6 is 0 Å². The Kier molecular flexibility index (Phi) is 4.06. The fraction of sp³-hybridized carbons (Fsp3) is 0.214. The van der Waals surface area contributed by atoms with E-state index in [1.165, 1.54) is 0 Å². The number of amides is 1. The topological polar surface area (TPSA) is 43.1 Å². The van der Waals surface area contributed by atoms with E-state index in [-0.39, 0.29) is 5.91 Å². The van der Waals surface area contributed by atoms with Crippen LogP contribution in [-0.4, -0.2) is 5.91 Å². The smallest absolute Gasteiger partial charge is 0.249 e. The molecule has 0 radical (unpaired) electrons. The van der Waals surface area contributed by atoms with Crippen molar-refractivity contribution in [2.24, 2.45) is 5.73 Å². The monoisotopic (exact) mass is 215 g/mol. The molecular formula is C14H17NO. The molecule has 0 heterocycles. The summed E-state index contributed by atoms with van der Waals surface area (Å²) in [5.74, 6) is -0.362. The molecule has 0 atom stereocenters. The Labute approximate surface area is 96.1 Å². The first-order valence-electron chi connectivity index (χ1n) is 5.48. The van der Waals surface area contributed by atoms with Crippen LogP contribution in [0.1, 0.15) is 29.8 Å². The minimum absolute atomic E-state index is 0.362. The molecule has 0 aliphatic carbocycles. The minimum Gasteiger partial charge on any atom is -0.366 e. The Morgan fingerprint density at radius 1 is 1.06 bits per heavy atom. The van der Waals surface area contributed by atoms with Crippen LogP contribution in [0.2, 0.25) is 0 Å². The van der Waals surface area contributed by atoms with Gasteiger partial charge in [-0.05, 0) is 23.3 Å². The molecule has 84 valence electrons. The van der Waals surface area contributed by atoms with Gasteiger partial charge in [-0.3, -0.25) is 4.79 Å². The molecular weight excluding hydrogens is 198 g/mol. The van der Waals surface area contributed by atoms with Gasteiger partial charge in [0.2, 0.25) is 5.91 Å². The van der Waals surface area contributed by atoms with Gasteiger partial charge in [0.15, 0.2) is 0 Å². The molecule has 0 saturated heterocycles. The number of hydrogen-bond donors (Lipinski definition) is 1. The van der Waals surface area contributed by atoms with Gasteiger partial charge in [0.25, 0.3) is 0 Å². The number of aryl methyl sites for hydroxylation is 1. The van der Waals surface area contributed by atoms with Crippen molar-refractivity contribution in [3.8, 4) is 0 Å². The van der Waals surface area contributed by atoms with E-state index in [1.807, 2.05) is 57.2 Å². The van der Waals surface area contributed by atoms with Crippen molar-refractivity contribution in [1.82, 2.24) is 0 Å². The Morgan fingerprint density at radius 3 is 2.31 bits per heavy atom. The van der Waals surface area contributed by atoms with E-state index in [2.05, 4.69) is 0 Å². The highest BCUT2D eigenvalue weighted by molar-refractivity contribution is 6.07. The predicted octanol–water partition coefficient (Wildman–Crippen LogP) is 3.27. The number of benzene rings is 2. The van der Waals surface area contributed by atoms with Crippen LogP contribution in [0.25, 0.3) is 10.8 Å². The number of hydrogen-bond acceptors (Lipinski definition) is 1. The Bertz CT molecular complexity index is 503. The van der Waals surface area contributed by atoms with Crippen molar-refractivity contribution in [1.29, 1.82) is 0 Å². The molecule has 0 fully saturated rings. The molecule has 0 spiro atoms. The molecule has 16 heavy (non-hydrogen) atoms. The van der Waals surface area contributed by atoms with Gasteiger partial charge in [0.1, 0.15) is 0 Å². The van der Waals surface area contributed by atoms with Crippen molar-refractivity contribution in [2.75, 3.05) is 0 Å². The molecule has 2 aromatic carbocycles. The predicted molar refractivity (Wildman–Crippen MR) is 68.6 cm³/mol. The van der Waals surface area contributed by atoms with Gasteiger partial charge in [0.05, 0.1) is 0 Å². The zero-order valence-electron chi connectivity index (χ0n) is 9.95. The third-order valence-electron chi connectivity index (χ3n) is 2.38. The van der Waals surface area contributed by atoms with Gasteiger partial charge >= 0.3 is 0 Å². The molecule has 0 aromatic heterocycles. The summed E-state index contributed by atoms with van der Waals surface area (Å²) in [4.78, 5) is 11.3. The maximum atomic E-state index is 11.3. The molecule has 0 saturated carbocycles. The van der Waals surface area contributed by atoms with Crippen LogP contribution in [0.3, 0.4) is 0 Å². The molecule has 0 aliphatic heterocycles. The summed E-state index contributed by atoms with van der Waals surface area (Å²) in [5.41, 5.74) is 6.90. The summed E-state index contributed by atoms with van der Waals surface area (Å²) < 4.78 is 0. The molecule has 0 aliphatic rings. The molecule has 2 nitrogen and oxygen atoms in total. The average molecular weight is 215 g/mol. The highest BCUT2D eigenvalue weighted by Gasteiger charge is 2.08. The van der Waals surface area contributed by atoms with Crippen LogP contribution in [-0.2, 0) is 0 Å². The van der Waals surface area contributed by atoms with E-state index < -0.39 is 0 Å². The fourth-order valence-electron chi connectivity index (χ4n) is 1.71. The van der Waals surface area contributed by atoms with E-state index in [4.69, 9.17) is 5.73 Å². The Hall–Kier alpha value is -1.83. The molecule has 1 amide bonds. The zero-order chi connectivity index (χ0) is 12.1. The van der Waals surface area contributed by atoms with Crippen molar-refractivity contribution < 1.29 is 4.79 Å². The van der Waals surface area contributed by atoms with Crippen molar-refractivity contribution in [2.45, 2.75) is 20.8 Å². The van der Waals surface area contributed by atoms with Crippen molar-refractivity contribution in [3.05, 3.63) is 47.5 Å². The lowest BCUT2D eigenvalue weighted by Crippen LogP contribution is -2.13. The summed E-state index contributed by atoms with van der Waals surface area (Å²) in [6.45, 7) is 5.90. The van der Waals surface area contributed by atoms with E-state index in [9.17, 15) is 4.79 Å². The Morgan fingerprint density at radius 2 is 1.69 bits per heavy atom. The van der Waals surface area contributed by atoms with Gasteiger partial charge in [-0.2, -0.15) is 0 Å². The number of primary amides is 1. The summed E-state index contributed by atoms with van der Waals surface area (Å²) >= 11 is 0. The molecule has 2 rings (SSSR count). The van der Waals surface area contributed by atoms with Crippen LogP contribution in [0.4, 0.5) is 0 Å². The number of nitrogens with two attached hydrogens (primary N) is 1. The second-order valence-electron chi connectivity index (χ2n) is 3.34. The SMILES string of the molecule is CC.Cc1ccc2ccccc2c1C(N)=O. The number of carbonyl (C=O) groups is 1. The number of rotatable bonds is 1. The summed E-state index contributed by atoms with van der Waals surface area (Å²) in [5, 5.41) is 1.98. The van der Waals surface area contributed by atoms with Gasteiger partial charge in [-0.25, -0.2) is 0 Å². The highest BCUT2D eigenvalue weighted by atomic mass is 16.1. The second-order valence-corrected chi connectivity index (χ2v) is 3.34. The molecule has 2 heteroatoms. The first kappa shape index (κ1) is 12.2. The van der Waals surface area contributed by atoms with E-state index in [0.717, 1.165) is 16.3 Å². The maximum absolute atomic E-state index is 11.3. The van der Waals surface area contributed by atoms with Gasteiger partial charge in [-0.15, -0.1) is 0 Å². The molecule has 0 unspecified atom stereocenters. The third kappa shape index (κ3) is 2.22. The van der Waals surface area contributed by atoms with E-state index in [1.54, 1.807) is 0 Å². The summed E-state index contributed by atoms with van der Waals surface area (Å²) in [7, 11) is 0. The van der Waals surface area contributed by atoms with Gasteiger partial charge in [0, 0.05) is 5.56 Å². The number of carbonyl (C=O) groups excluding carboxylic acids is 1. The van der Waals surface area contributed by atoms with Crippen LogP contribution in [0, 0.1) is 6.92 Å². The van der Waals surface area contributed by atoms with Crippen molar-refractivity contribution >= 4 is 16.7 Å². The van der Waals surface area contributed by atoms with Crippen LogP contribution < -0.4 is 5.73 Å². The minimum atomic E-state index is -0.362. The zero-order valence-corrected chi connectivity index (χ0v) is 9.95. The lowest BCUT2D eigenvalue weighted by molar-refractivity contribution is 0.100. The number of fused-ring (bicyclic) bond motifs is 1. The third-order valence-corrected chi connectivity index (χ3v) is 2.38. The standard InChI is InChI=1S/C12H11NO.C2H6/c1-8-6-7-9-4-2-3-5-10(9)11(8)12(13)14;1-2/h2-7H,1H3,(H2,13,14);1-2H3. The first-order valence-corrected chi connectivity index (χ1v) is 5.48. The second kappa shape index (κ2) is 5.31. The maximum Gasteiger partial charge on any atom is 0.249 e. The van der Waals surface area contributed by atoms with E-state index in [0.29, 0.717) is 5.56 Å². The van der Waals surface area contributed by atoms with Crippen LogP contribution in [0.15, 0.2) is 36.4 Å². The normalized spacial score (nSPS) is 9.44. The molecule has 2 N–H and O–H groups in total. The van der Waals surface area contributed by atoms with Crippen molar-refractivity contribution in [3.63, 3.8) is 0 Å². The highest BCUT2D eigenvalue weighted by Crippen LogP contribution is 2.21. The quantitative estimate of drug-likeness (QED) is 0.779. The van der Waals surface area contributed by atoms with Gasteiger partial charge in [-0.1, -0.05) is 50.2 Å². The lowest BCUT2D eigenvalue weighted by Gasteiger charge is -2.06.